The van der Waals surface area contributed by atoms with Crippen LogP contribution in [0.4, 0.5) is 8.78 Å². The summed E-state index contributed by atoms with van der Waals surface area (Å²) in [6, 6.07) is 2.46. The number of hydrogen-bond acceptors (Lipinski definition) is 2. The Balaban J connectivity index is 3.12. The summed E-state index contributed by atoms with van der Waals surface area (Å²) in [5.41, 5.74) is 5.00. The molecule has 12 heavy (non-hydrogen) atoms. The molecule has 0 spiro atoms. The molecule has 0 heterocycles. The van der Waals surface area contributed by atoms with E-state index in [-0.39, 0.29) is 5.56 Å². The first-order valence-corrected chi connectivity index (χ1v) is 3.47. The number of benzene rings is 1. The summed E-state index contributed by atoms with van der Waals surface area (Å²) in [7, 11) is 0. The Morgan fingerprint density at radius 1 is 1.33 bits per heavy atom. The van der Waals surface area contributed by atoms with Crippen LogP contribution in [0.1, 0.15) is 11.6 Å². The Kier molecular flexibility index (Phi) is 2.73. The van der Waals surface area contributed by atoms with E-state index in [2.05, 4.69) is 0 Å². The summed E-state index contributed by atoms with van der Waals surface area (Å²) in [6.07, 6.45) is 0. The summed E-state index contributed by atoms with van der Waals surface area (Å²) in [5.74, 6) is -1.45. The van der Waals surface area contributed by atoms with Crippen molar-refractivity contribution < 1.29 is 13.9 Å². The van der Waals surface area contributed by atoms with E-state index in [1.54, 1.807) is 0 Å². The van der Waals surface area contributed by atoms with Gasteiger partial charge in [-0.15, -0.1) is 0 Å². The third-order valence-corrected chi connectivity index (χ3v) is 1.57. The van der Waals surface area contributed by atoms with Gasteiger partial charge < -0.3 is 10.8 Å². The van der Waals surface area contributed by atoms with E-state index in [0.29, 0.717) is 0 Å². The smallest absolute Gasteiger partial charge is 0.130 e. The van der Waals surface area contributed by atoms with Crippen LogP contribution in [0.2, 0.25) is 0 Å². The predicted octanol–water partition coefficient (Wildman–Crippen LogP) is 0.957. The number of hydrogen-bond donors (Lipinski definition) is 2. The molecule has 4 heteroatoms. The van der Waals surface area contributed by atoms with E-state index in [1.165, 1.54) is 6.07 Å². The molecule has 0 aliphatic carbocycles. The Morgan fingerprint density at radius 3 is 2.25 bits per heavy atom. The van der Waals surface area contributed by atoms with E-state index in [1.807, 2.05) is 0 Å². The first-order valence-electron chi connectivity index (χ1n) is 3.47. The molecule has 0 fully saturated rings. The van der Waals surface area contributed by atoms with Crippen LogP contribution in [0.3, 0.4) is 0 Å². The molecule has 0 amide bonds. The van der Waals surface area contributed by atoms with Crippen molar-refractivity contribution in [2.45, 2.75) is 6.04 Å². The van der Waals surface area contributed by atoms with Crippen molar-refractivity contribution in [2.75, 3.05) is 6.61 Å². The van der Waals surface area contributed by atoms with Crippen LogP contribution in [0.15, 0.2) is 18.2 Å². The lowest BCUT2D eigenvalue weighted by atomic mass is 10.1. The molecular formula is C8H9F2NO. The van der Waals surface area contributed by atoms with E-state index in [0.717, 1.165) is 12.1 Å². The summed E-state index contributed by atoms with van der Waals surface area (Å²) >= 11 is 0. The summed E-state index contributed by atoms with van der Waals surface area (Å²) in [6.45, 7) is -0.474. The van der Waals surface area contributed by atoms with Crippen LogP contribution in [-0.4, -0.2) is 11.7 Å². The van der Waals surface area contributed by atoms with Crippen LogP contribution in [0.25, 0.3) is 0 Å². The van der Waals surface area contributed by atoms with Crippen molar-refractivity contribution in [3.63, 3.8) is 0 Å². The standard InChI is InChI=1S/C8H9F2NO/c9-5-2-1-3-6(10)8(5)7(11)4-12/h1-3,7,12H,4,11H2/t7-/m1/s1. The Labute approximate surface area is 68.6 Å². The van der Waals surface area contributed by atoms with Gasteiger partial charge in [-0.05, 0) is 12.1 Å². The highest BCUT2D eigenvalue weighted by Crippen LogP contribution is 2.17. The highest BCUT2D eigenvalue weighted by molar-refractivity contribution is 5.22. The summed E-state index contributed by atoms with van der Waals surface area (Å²) in [5, 5.41) is 8.58. The minimum Gasteiger partial charge on any atom is -0.394 e. The highest BCUT2D eigenvalue weighted by atomic mass is 19.1. The van der Waals surface area contributed by atoms with Gasteiger partial charge in [0.05, 0.1) is 12.6 Å². The van der Waals surface area contributed by atoms with Crippen molar-refractivity contribution in [1.82, 2.24) is 0 Å². The zero-order chi connectivity index (χ0) is 9.14. The van der Waals surface area contributed by atoms with Crippen molar-refractivity contribution in [3.8, 4) is 0 Å². The Hall–Kier alpha value is -1.00. The lowest BCUT2D eigenvalue weighted by molar-refractivity contribution is 0.262. The van der Waals surface area contributed by atoms with Gasteiger partial charge in [0.25, 0.3) is 0 Å². The van der Waals surface area contributed by atoms with E-state index >= 15 is 0 Å². The van der Waals surface area contributed by atoms with Gasteiger partial charge in [0.15, 0.2) is 0 Å². The van der Waals surface area contributed by atoms with Gasteiger partial charge in [-0.3, -0.25) is 0 Å². The fourth-order valence-corrected chi connectivity index (χ4v) is 0.956. The van der Waals surface area contributed by atoms with E-state index < -0.39 is 24.3 Å². The molecule has 0 saturated heterocycles. The number of aliphatic hydroxyl groups is 1. The SMILES string of the molecule is N[C@H](CO)c1c(F)cccc1F. The predicted molar refractivity (Wildman–Crippen MR) is 40.4 cm³/mol. The van der Waals surface area contributed by atoms with Gasteiger partial charge in [0.1, 0.15) is 11.6 Å². The van der Waals surface area contributed by atoms with E-state index in [9.17, 15) is 8.78 Å². The van der Waals surface area contributed by atoms with Gasteiger partial charge in [-0.25, -0.2) is 8.78 Å². The number of halogens is 2. The molecule has 2 nitrogen and oxygen atoms in total. The maximum atomic E-state index is 12.9. The molecule has 1 aromatic rings. The molecule has 0 radical (unpaired) electrons. The van der Waals surface area contributed by atoms with Crippen LogP contribution < -0.4 is 5.73 Å². The van der Waals surface area contributed by atoms with Crippen molar-refractivity contribution in [3.05, 3.63) is 35.4 Å². The zero-order valence-electron chi connectivity index (χ0n) is 6.30. The van der Waals surface area contributed by atoms with Crippen molar-refractivity contribution in [2.24, 2.45) is 5.73 Å². The lowest BCUT2D eigenvalue weighted by Crippen LogP contribution is -2.17. The van der Waals surface area contributed by atoms with Gasteiger partial charge in [-0.2, -0.15) is 0 Å². The number of nitrogens with two attached hydrogens (primary N) is 1. The summed E-state index contributed by atoms with van der Waals surface area (Å²) < 4.78 is 25.7. The van der Waals surface area contributed by atoms with Crippen molar-refractivity contribution in [1.29, 1.82) is 0 Å². The van der Waals surface area contributed by atoms with Crippen LogP contribution >= 0.6 is 0 Å². The molecule has 0 aromatic heterocycles. The average Bonchev–Trinajstić information content (AvgIpc) is 2.03. The van der Waals surface area contributed by atoms with Gasteiger partial charge >= 0.3 is 0 Å². The fraction of sp³-hybridized carbons (Fsp3) is 0.250. The van der Waals surface area contributed by atoms with Crippen molar-refractivity contribution >= 4 is 0 Å². The van der Waals surface area contributed by atoms with Crippen LogP contribution in [-0.2, 0) is 0 Å². The average molecular weight is 173 g/mol. The topological polar surface area (TPSA) is 46.2 Å². The molecule has 0 saturated carbocycles. The van der Waals surface area contributed by atoms with Gasteiger partial charge in [0, 0.05) is 5.56 Å². The Morgan fingerprint density at radius 2 is 1.83 bits per heavy atom. The maximum Gasteiger partial charge on any atom is 0.130 e. The third-order valence-electron chi connectivity index (χ3n) is 1.57. The highest BCUT2D eigenvalue weighted by Gasteiger charge is 2.14. The first kappa shape index (κ1) is 9.09. The maximum absolute atomic E-state index is 12.9. The van der Waals surface area contributed by atoms with Gasteiger partial charge in [0.2, 0.25) is 0 Å². The molecule has 0 aliphatic rings. The third kappa shape index (κ3) is 1.60. The van der Waals surface area contributed by atoms with Crippen LogP contribution in [0.5, 0.6) is 0 Å². The molecule has 1 atom stereocenters. The number of aliphatic hydroxyl groups excluding tert-OH is 1. The van der Waals surface area contributed by atoms with Gasteiger partial charge in [-0.1, -0.05) is 6.07 Å². The molecule has 0 unspecified atom stereocenters. The quantitative estimate of drug-likeness (QED) is 0.699. The fourth-order valence-electron chi connectivity index (χ4n) is 0.956. The number of rotatable bonds is 2. The normalized spacial score (nSPS) is 13.0. The molecular weight excluding hydrogens is 164 g/mol. The largest absolute Gasteiger partial charge is 0.394 e. The molecule has 3 N–H and O–H groups in total. The first-order chi connectivity index (χ1) is 5.66. The minimum absolute atomic E-state index is 0.264. The zero-order valence-corrected chi connectivity index (χ0v) is 6.30. The minimum atomic E-state index is -0.994. The summed E-state index contributed by atoms with van der Waals surface area (Å²) in [4.78, 5) is 0. The molecule has 0 bridgehead atoms. The molecule has 1 aromatic carbocycles. The second kappa shape index (κ2) is 3.60. The Bertz CT molecular complexity index is 258. The second-order valence-corrected chi connectivity index (χ2v) is 2.42. The van der Waals surface area contributed by atoms with Crippen LogP contribution in [0, 0.1) is 11.6 Å². The molecule has 66 valence electrons. The second-order valence-electron chi connectivity index (χ2n) is 2.42. The lowest BCUT2D eigenvalue weighted by Gasteiger charge is -2.09. The molecule has 1 rings (SSSR count). The van der Waals surface area contributed by atoms with E-state index in [4.69, 9.17) is 10.8 Å². The molecule has 0 aliphatic heterocycles. The monoisotopic (exact) mass is 173 g/mol.